The van der Waals surface area contributed by atoms with Crippen molar-refractivity contribution in [3.8, 4) is 0 Å². The third-order valence-corrected chi connectivity index (χ3v) is 1.68. The van der Waals surface area contributed by atoms with Crippen molar-refractivity contribution in [3.63, 3.8) is 0 Å². The number of hydrogen-bond acceptors (Lipinski definition) is 2. The Balaban J connectivity index is 3.40. The molecule has 0 aromatic heterocycles. The molecule has 10 heavy (non-hydrogen) atoms. The van der Waals surface area contributed by atoms with Crippen LogP contribution in [-0.4, -0.2) is 17.5 Å². The fourth-order valence-electron chi connectivity index (χ4n) is 0.767. The molecule has 0 spiro atoms. The monoisotopic (exact) mass is 144 g/mol. The van der Waals surface area contributed by atoms with E-state index in [2.05, 4.69) is 6.92 Å². The summed E-state index contributed by atoms with van der Waals surface area (Å²) in [6.07, 6.45) is 3.19. The first-order valence-electron chi connectivity index (χ1n) is 3.85. The van der Waals surface area contributed by atoms with Gasteiger partial charge in [-0.15, -0.1) is 0 Å². The Morgan fingerprint density at radius 3 is 2.60 bits per heavy atom. The van der Waals surface area contributed by atoms with Crippen LogP contribution in [0.4, 0.5) is 0 Å². The number of aliphatic hydroxyl groups excluding tert-OH is 1. The van der Waals surface area contributed by atoms with Gasteiger partial charge in [0, 0.05) is 5.92 Å². The lowest BCUT2D eigenvalue weighted by molar-refractivity contribution is -0.113. The topological polar surface area (TPSA) is 37.3 Å². The Morgan fingerprint density at radius 1 is 1.60 bits per heavy atom. The number of hydrogen-bond donors (Lipinski definition) is 1. The molecule has 0 saturated heterocycles. The van der Waals surface area contributed by atoms with Gasteiger partial charge in [-0.25, -0.2) is 0 Å². The molecule has 0 aliphatic rings. The summed E-state index contributed by atoms with van der Waals surface area (Å²) >= 11 is 0. The van der Waals surface area contributed by atoms with Crippen LogP contribution in [-0.2, 0) is 4.79 Å². The molecule has 0 aromatic rings. The van der Waals surface area contributed by atoms with Crippen LogP contribution < -0.4 is 0 Å². The van der Waals surface area contributed by atoms with Gasteiger partial charge in [0.1, 0.15) is 6.29 Å². The summed E-state index contributed by atoms with van der Waals surface area (Å²) in [4.78, 5) is 10.1. The lowest BCUT2D eigenvalue weighted by Gasteiger charge is -2.11. The van der Waals surface area contributed by atoms with E-state index in [0.29, 0.717) is 0 Å². The molecule has 2 unspecified atom stereocenters. The zero-order valence-corrected chi connectivity index (χ0v) is 6.71. The van der Waals surface area contributed by atoms with E-state index in [4.69, 9.17) is 0 Å². The van der Waals surface area contributed by atoms with Crippen molar-refractivity contribution in [2.45, 2.75) is 39.2 Å². The highest BCUT2D eigenvalue weighted by Gasteiger charge is 2.11. The molecule has 2 nitrogen and oxygen atoms in total. The van der Waals surface area contributed by atoms with E-state index < -0.39 is 6.10 Å². The average molecular weight is 144 g/mol. The Labute approximate surface area is 62.2 Å². The van der Waals surface area contributed by atoms with Gasteiger partial charge in [-0.05, 0) is 6.42 Å². The van der Waals surface area contributed by atoms with Gasteiger partial charge in [-0.2, -0.15) is 0 Å². The second-order valence-electron chi connectivity index (χ2n) is 2.70. The molecule has 0 bridgehead atoms. The number of carbonyl (C=O) groups excluding carboxylic acids is 1. The third-order valence-electron chi connectivity index (χ3n) is 1.68. The van der Waals surface area contributed by atoms with Crippen LogP contribution in [0.5, 0.6) is 0 Å². The summed E-state index contributed by atoms with van der Waals surface area (Å²) in [7, 11) is 0. The van der Waals surface area contributed by atoms with Crippen molar-refractivity contribution < 1.29 is 9.90 Å². The minimum Gasteiger partial charge on any atom is -0.392 e. The molecule has 0 aliphatic carbocycles. The summed E-state index contributed by atoms with van der Waals surface area (Å²) in [5.41, 5.74) is 0. The Bertz CT molecular complexity index is 91.3. The van der Waals surface area contributed by atoms with Crippen molar-refractivity contribution in [3.05, 3.63) is 0 Å². The molecule has 0 saturated carbocycles. The van der Waals surface area contributed by atoms with E-state index in [9.17, 15) is 9.90 Å². The van der Waals surface area contributed by atoms with Crippen molar-refractivity contribution in [1.29, 1.82) is 0 Å². The van der Waals surface area contributed by atoms with Gasteiger partial charge in [0.15, 0.2) is 0 Å². The molecule has 0 radical (unpaired) electrons. The quantitative estimate of drug-likeness (QED) is 0.592. The van der Waals surface area contributed by atoms with E-state index in [1.807, 2.05) is 0 Å². The lowest BCUT2D eigenvalue weighted by atomic mass is 10.0. The third kappa shape index (κ3) is 3.62. The molecule has 2 atom stereocenters. The predicted octanol–water partition coefficient (Wildman–Crippen LogP) is 1.37. The van der Waals surface area contributed by atoms with E-state index >= 15 is 0 Å². The summed E-state index contributed by atoms with van der Waals surface area (Å²) in [5.74, 6) is -0.202. The fraction of sp³-hybridized carbons (Fsp3) is 0.875. The predicted molar refractivity (Wildman–Crippen MR) is 40.8 cm³/mol. The van der Waals surface area contributed by atoms with Gasteiger partial charge in [0.25, 0.3) is 0 Å². The van der Waals surface area contributed by atoms with Crippen molar-refractivity contribution in [2.75, 3.05) is 0 Å². The Hall–Kier alpha value is -0.370. The maximum absolute atomic E-state index is 10.1. The van der Waals surface area contributed by atoms with Gasteiger partial charge in [0.2, 0.25) is 0 Å². The molecule has 60 valence electrons. The van der Waals surface area contributed by atoms with E-state index in [-0.39, 0.29) is 5.92 Å². The largest absolute Gasteiger partial charge is 0.392 e. The van der Waals surface area contributed by atoms with E-state index in [1.54, 1.807) is 6.92 Å². The summed E-state index contributed by atoms with van der Waals surface area (Å²) < 4.78 is 0. The zero-order chi connectivity index (χ0) is 7.98. The van der Waals surface area contributed by atoms with Crippen molar-refractivity contribution in [2.24, 2.45) is 5.92 Å². The molecule has 2 heteroatoms. The van der Waals surface area contributed by atoms with E-state index in [1.165, 1.54) is 0 Å². The number of aldehydes is 1. The fourth-order valence-corrected chi connectivity index (χ4v) is 0.767. The number of aliphatic hydroxyl groups is 1. The first kappa shape index (κ1) is 9.63. The van der Waals surface area contributed by atoms with Gasteiger partial charge in [-0.3, -0.25) is 0 Å². The first-order chi connectivity index (χ1) is 4.72. The standard InChI is InChI=1S/C8H16O2/c1-3-4-5-8(10)7(2)6-9/h6-8,10H,3-5H2,1-2H3. The second kappa shape index (κ2) is 5.42. The van der Waals surface area contributed by atoms with E-state index in [0.717, 1.165) is 25.5 Å². The molecular weight excluding hydrogens is 128 g/mol. The average Bonchev–Trinajstić information content (AvgIpc) is 1.98. The number of carbonyl (C=O) groups is 1. The summed E-state index contributed by atoms with van der Waals surface area (Å²) in [6.45, 7) is 3.81. The Morgan fingerprint density at radius 2 is 2.20 bits per heavy atom. The highest BCUT2D eigenvalue weighted by Crippen LogP contribution is 2.07. The molecule has 0 fully saturated rings. The molecule has 0 amide bonds. The van der Waals surface area contributed by atoms with Crippen molar-refractivity contribution in [1.82, 2.24) is 0 Å². The molecule has 0 aliphatic heterocycles. The highest BCUT2D eigenvalue weighted by atomic mass is 16.3. The lowest BCUT2D eigenvalue weighted by Crippen LogP contribution is -2.18. The maximum atomic E-state index is 10.1. The van der Waals surface area contributed by atoms with Crippen LogP contribution in [0, 0.1) is 5.92 Å². The maximum Gasteiger partial charge on any atom is 0.125 e. The second-order valence-corrected chi connectivity index (χ2v) is 2.70. The van der Waals surface area contributed by atoms with Crippen LogP contribution in [0.25, 0.3) is 0 Å². The molecule has 0 heterocycles. The molecule has 0 rings (SSSR count). The smallest absolute Gasteiger partial charge is 0.125 e. The van der Waals surface area contributed by atoms with Gasteiger partial charge in [-0.1, -0.05) is 26.7 Å². The number of unbranched alkanes of at least 4 members (excludes halogenated alkanes) is 1. The van der Waals surface area contributed by atoms with Crippen LogP contribution in [0.2, 0.25) is 0 Å². The summed E-state index contributed by atoms with van der Waals surface area (Å²) in [6, 6.07) is 0. The summed E-state index contributed by atoms with van der Waals surface area (Å²) in [5, 5.41) is 9.22. The molecule has 1 N–H and O–H groups in total. The normalized spacial score (nSPS) is 16.3. The van der Waals surface area contributed by atoms with Crippen LogP contribution in [0.15, 0.2) is 0 Å². The minimum atomic E-state index is -0.433. The van der Waals surface area contributed by atoms with Gasteiger partial charge < -0.3 is 9.90 Å². The molecular formula is C8H16O2. The SMILES string of the molecule is CCCCC(O)C(C)C=O. The minimum absolute atomic E-state index is 0.202. The Kier molecular flexibility index (Phi) is 5.22. The first-order valence-corrected chi connectivity index (χ1v) is 3.85. The van der Waals surface area contributed by atoms with Gasteiger partial charge >= 0.3 is 0 Å². The van der Waals surface area contributed by atoms with Crippen LogP contribution in [0.3, 0.4) is 0 Å². The van der Waals surface area contributed by atoms with Crippen LogP contribution in [0.1, 0.15) is 33.1 Å². The highest BCUT2D eigenvalue weighted by molar-refractivity contribution is 5.53. The van der Waals surface area contributed by atoms with Crippen molar-refractivity contribution >= 4 is 6.29 Å². The number of rotatable bonds is 5. The molecule has 0 aromatic carbocycles. The zero-order valence-electron chi connectivity index (χ0n) is 6.71. The van der Waals surface area contributed by atoms with Crippen LogP contribution >= 0.6 is 0 Å². The van der Waals surface area contributed by atoms with Gasteiger partial charge in [0.05, 0.1) is 6.10 Å².